The van der Waals surface area contributed by atoms with Gasteiger partial charge in [-0.1, -0.05) is 44.2 Å². The van der Waals surface area contributed by atoms with Crippen molar-refractivity contribution in [2.75, 3.05) is 13.2 Å². The van der Waals surface area contributed by atoms with Crippen molar-refractivity contribution < 1.29 is 22.7 Å². The van der Waals surface area contributed by atoms with Crippen LogP contribution in [0, 0.1) is 0 Å². The Hall–Kier alpha value is -1.72. The Morgan fingerprint density at radius 3 is 2.32 bits per heavy atom. The first-order valence-corrected chi connectivity index (χ1v) is 5.74. The van der Waals surface area contributed by atoms with E-state index in [4.69, 9.17) is 0 Å². The second-order valence-electron chi connectivity index (χ2n) is 4.79. The number of amides is 1. The molecule has 0 heterocycles. The van der Waals surface area contributed by atoms with E-state index in [1.165, 1.54) is 0 Å². The van der Waals surface area contributed by atoms with Crippen LogP contribution in [0.1, 0.15) is 19.4 Å². The lowest BCUT2D eigenvalue weighted by Crippen LogP contribution is -2.38. The van der Waals surface area contributed by atoms with E-state index in [2.05, 4.69) is 10.1 Å². The van der Waals surface area contributed by atoms with E-state index in [9.17, 15) is 18.0 Å². The first-order chi connectivity index (χ1) is 8.71. The largest absolute Gasteiger partial charge is 0.440 e. The fraction of sp³-hybridized carbons (Fsp3) is 0.462. The Kier molecular flexibility index (Phi) is 4.80. The molecule has 0 bridgehead atoms. The molecule has 0 aliphatic rings. The summed E-state index contributed by atoms with van der Waals surface area (Å²) in [4.78, 5) is 11.1. The van der Waals surface area contributed by atoms with Crippen molar-refractivity contribution in [3.63, 3.8) is 0 Å². The number of alkyl halides is 3. The minimum atomic E-state index is -4.51. The van der Waals surface area contributed by atoms with Crippen molar-refractivity contribution in [3.05, 3.63) is 35.9 Å². The van der Waals surface area contributed by atoms with E-state index < -0.39 is 24.3 Å². The van der Waals surface area contributed by atoms with E-state index in [-0.39, 0.29) is 6.54 Å². The van der Waals surface area contributed by atoms with E-state index in [1.54, 1.807) is 0 Å². The molecule has 0 saturated carbocycles. The second-order valence-corrected chi connectivity index (χ2v) is 4.79. The maximum absolute atomic E-state index is 11.9. The van der Waals surface area contributed by atoms with Gasteiger partial charge in [0.15, 0.2) is 6.61 Å². The number of benzene rings is 1. The fourth-order valence-electron chi connectivity index (χ4n) is 1.48. The van der Waals surface area contributed by atoms with Gasteiger partial charge in [-0.2, -0.15) is 13.2 Å². The molecule has 0 fully saturated rings. The molecule has 106 valence electrons. The molecule has 1 N–H and O–H groups in total. The molecule has 19 heavy (non-hydrogen) atoms. The molecule has 0 atom stereocenters. The predicted octanol–water partition coefficient (Wildman–Crippen LogP) is 3.25. The van der Waals surface area contributed by atoms with Gasteiger partial charge in [0.2, 0.25) is 0 Å². The van der Waals surface area contributed by atoms with Crippen molar-refractivity contribution in [3.8, 4) is 0 Å². The minimum Gasteiger partial charge on any atom is -0.440 e. The Morgan fingerprint density at radius 1 is 1.21 bits per heavy atom. The van der Waals surface area contributed by atoms with Crippen molar-refractivity contribution in [1.29, 1.82) is 0 Å². The van der Waals surface area contributed by atoms with Gasteiger partial charge in [-0.25, -0.2) is 4.79 Å². The van der Waals surface area contributed by atoms with Crippen LogP contribution in [0.3, 0.4) is 0 Å². The van der Waals surface area contributed by atoms with Gasteiger partial charge in [-0.05, 0) is 5.56 Å². The van der Waals surface area contributed by atoms with Crippen LogP contribution >= 0.6 is 0 Å². The molecule has 3 nitrogen and oxygen atoms in total. The fourth-order valence-corrected chi connectivity index (χ4v) is 1.48. The molecule has 1 rings (SSSR count). The van der Waals surface area contributed by atoms with Crippen LogP contribution in [0.15, 0.2) is 30.3 Å². The van der Waals surface area contributed by atoms with Crippen LogP contribution in [0.2, 0.25) is 0 Å². The third-order valence-corrected chi connectivity index (χ3v) is 2.60. The Bertz CT molecular complexity index is 416. The third kappa shape index (κ3) is 5.63. The highest BCUT2D eigenvalue weighted by Gasteiger charge is 2.30. The van der Waals surface area contributed by atoms with Crippen LogP contribution in [0.4, 0.5) is 18.0 Å². The van der Waals surface area contributed by atoms with E-state index in [0.717, 1.165) is 5.56 Å². The molecule has 0 aliphatic heterocycles. The quantitative estimate of drug-likeness (QED) is 0.916. The highest BCUT2D eigenvalue weighted by Crippen LogP contribution is 2.21. The topological polar surface area (TPSA) is 38.3 Å². The van der Waals surface area contributed by atoms with Crippen molar-refractivity contribution in [2.45, 2.75) is 25.4 Å². The average molecular weight is 275 g/mol. The molecule has 1 aromatic rings. The van der Waals surface area contributed by atoms with Gasteiger partial charge < -0.3 is 10.1 Å². The monoisotopic (exact) mass is 275 g/mol. The first kappa shape index (κ1) is 15.3. The summed E-state index contributed by atoms with van der Waals surface area (Å²) in [6, 6.07) is 9.37. The molecule has 0 saturated heterocycles. The van der Waals surface area contributed by atoms with Crippen molar-refractivity contribution in [1.82, 2.24) is 5.32 Å². The molecule has 0 unspecified atom stereocenters. The lowest BCUT2D eigenvalue weighted by molar-refractivity contribution is -0.160. The van der Waals surface area contributed by atoms with Gasteiger partial charge in [0.25, 0.3) is 0 Å². The van der Waals surface area contributed by atoms with Gasteiger partial charge in [-0.3, -0.25) is 0 Å². The molecule has 1 amide bonds. The van der Waals surface area contributed by atoms with Crippen LogP contribution in [0.5, 0.6) is 0 Å². The number of halogens is 3. The number of alkyl carbamates (subject to hydrolysis) is 1. The molecule has 0 aromatic heterocycles. The predicted molar refractivity (Wildman–Crippen MR) is 64.9 cm³/mol. The van der Waals surface area contributed by atoms with Gasteiger partial charge in [0.05, 0.1) is 0 Å². The zero-order valence-corrected chi connectivity index (χ0v) is 10.8. The number of carbonyl (C=O) groups is 1. The van der Waals surface area contributed by atoms with Crippen LogP contribution in [-0.2, 0) is 10.2 Å². The Balaban J connectivity index is 2.45. The molecule has 6 heteroatoms. The average Bonchev–Trinajstić information content (AvgIpc) is 2.34. The van der Waals surface area contributed by atoms with Crippen LogP contribution < -0.4 is 5.32 Å². The summed E-state index contributed by atoms with van der Waals surface area (Å²) in [5.74, 6) is 0. The number of rotatable bonds is 4. The lowest BCUT2D eigenvalue weighted by Gasteiger charge is -2.25. The smallest absolute Gasteiger partial charge is 0.422 e. The summed E-state index contributed by atoms with van der Waals surface area (Å²) in [7, 11) is 0. The van der Waals surface area contributed by atoms with Crippen LogP contribution in [0.25, 0.3) is 0 Å². The van der Waals surface area contributed by atoms with E-state index in [1.807, 2.05) is 44.2 Å². The lowest BCUT2D eigenvalue weighted by atomic mass is 9.85. The summed E-state index contributed by atoms with van der Waals surface area (Å²) in [5.41, 5.74) is 0.588. The number of carbonyl (C=O) groups excluding carboxylic acids is 1. The zero-order valence-electron chi connectivity index (χ0n) is 10.8. The number of ether oxygens (including phenoxy) is 1. The maximum atomic E-state index is 11.9. The molecule has 0 spiro atoms. The number of hydrogen-bond acceptors (Lipinski definition) is 2. The molecule has 1 aromatic carbocycles. The summed E-state index contributed by atoms with van der Waals surface area (Å²) >= 11 is 0. The van der Waals surface area contributed by atoms with Gasteiger partial charge in [0, 0.05) is 12.0 Å². The zero-order chi connectivity index (χ0) is 14.5. The second kappa shape index (κ2) is 5.95. The van der Waals surface area contributed by atoms with Gasteiger partial charge in [0.1, 0.15) is 0 Å². The highest BCUT2D eigenvalue weighted by atomic mass is 19.4. The van der Waals surface area contributed by atoms with Crippen molar-refractivity contribution in [2.24, 2.45) is 0 Å². The highest BCUT2D eigenvalue weighted by molar-refractivity contribution is 5.67. The Morgan fingerprint density at radius 2 is 1.79 bits per heavy atom. The standard InChI is InChI=1S/C13H16F3NO2/c1-12(2,10-6-4-3-5-7-10)8-17-11(18)19-9-13(14,15)16/h3-7H,8-9H2,1-2H3,(H,17,18). The summed E-state index contributed by atoms with van der Waals surface area (Å²) < 4.78 is 39.6. The molecule has 0 radical (unpaired) electrons. The molecular formula is C13H16F3NO2. The van der Waals surface area contributed by atoms with Gasteiger partial charge in [-0.15, -0.1) is 0 Å². The normalized spacial score (nSPS) is 12.1. The van der Waals surface area contributed by atoms with E-state index >= 15 is 0 Å². The Labute approximate surface area is 109 Å². The van der Waals surface area contributed by atoms with Crippen LogP contribution in [-0.4, -0.2) is 25.4 Å². The number of nitrogens with one attached hydrogen (secondary N) is 1. The first-order valence-electron chi connectivity index (χ1n) is 5.74. The SMILES string of the molecule is CC(C)(CNC(=O)OCC(F)(F)F)c1ccccc1. The summed E-state index contributed by atoms with van der Waals surface area (Å²) in [6.45, 7) is 2.37. The van der Waals surface area contributed by atoms with Crippen molar-refractivity contribution >= 4 is 6.09 Å². The van der Waals surface area contributed by atoms with E-state index in [0.29, 0.717) is 0 Å². The summed E-state index contributed by atoms with van der Waals surface area (Å²) in [5, 5.41) is 2.33. The third-order valence-electron chi connectivity index (χ3n) is 2.60. The summed E-state index contributed by atoms with van der Waals surface area (Å²) in [6.07, 6.45) is -5.58. The number of hydrogen-bond donors (Lipinski definition) is 1. The van der Waals surface area contributed by atoms with Gasteiger partial charge >= 0.3 is 12.3 Å². The molecule has 0 aliphatic carbocycles. The minimum absolute atomic E-state index is 0.188. The maximum Gasteiger partial charge on any atom is 0.422 e. The molecular weight excluding hydrogens is 259 g/mol.